The van der Waals surface area contributed by atoms with Gasteiger partial charge in [0.1, 0.15) is 9.52 Å². The molecule has 2 radical (unpaired) electrons. The molecule has 228 valence electrons. The van der Waals surface area contributed by atoms with E-state index in [0.29, 0.717) is 21.4 Å². The van der Waals surface area contributed by atoms with E-state index in [0.717, 1.165) is 6.42 Å². The molecule has 0 fully saturated rings. The molecule has 1 aliphatic rings. The molecule has 1 atom stereocenters. The van der Waals surface area contributed by atoms with E-state index in [-0.39, 0.29) is 37.0 Å². The third kappa shape index (κ3) is 6.55. The normalized spacial score (nSPS) is 16.0. The predicted molar refractivity (Wildman–Crippen MR) is 192 cm³/mol. The Morgan fingerprint density at radius 3 is 2.02 bits per heavy atom. The maximum absolute atomic E-state index is 2.57. The van der Waals surface area contributed by atoms with Gasteiger partial charge in [0, 0.05) is 26.2 Å². The zero-order valence-corrected chi connectivity index (χ0v) is 32.7. The van der Waals surface area contributed by atoms with Crippen LogP contribution in [0.15, 0.2) is 89.0 Å². The van der Waals surface area contributed by atoms with E-state index in [9.17, 15) is 0 Å². The summed E-state index contributed by atoms with van der Waals surface area (Å²) in [5.41, 5.74) is 14.9. The fourth-order valence-electron chi connectivity index (χ4n) is 7.22. The number of benzene rings is 3. The van der Waals surface area contributed by atoms with Crippen molar-refractivity contribution in [3.8, 4) is 11.1 Å². The third-order valence-corrected chi connectivity index (χ3v) is 11.3. The van der Waals surface area contributed by atoms with Crippen molar-refractivity contribution < 1.29 is 26.2 Å². The van der Waals surface area contributed by atoms with Gasteiger partial charge in [-0.3, -0.25) is 0 Å². The van der Waals surface area contributed by atoms with Crippen molar-refractivity contribution in [2.75, 3.05) is 0 Å². The van der Waals surface area contributed by atoms with E-state index >= 15 is 0 Å². The summed E-state index contributed by atoms with van der Waals surface area (Å²) in [4.78, 5) is 0. The monoisotopic (exact) mass is 673 g/mol. The van der Waals surface area contributed by atoms with Gasteiger partial charge < -0.3 is 0 Å². The third-order valence-electron chi connectivity index (χ3n) is 9.90. The van der Waals surface area contributed by atoms with Crippen LogP contribution in [0.5, 0.6) is 0 Å². The van der Waals surface area contributed by atoms with E-state index in [1.54, 1.807) is 16.3 Å². The molecule has 44 heavy (non-hydrogen) atoms. The minimum atomic E-state index is 0. The fourth-order valence-corrected chi connectivity index (χ4v) is 9.06. The second kappa shape index (κ2) is 12.9. The van der Waals surface area contributed by atoms with Crippen molar-refractivity contribution in [1.82, 2.24) is 0 Å². The first-order chi connectivity index (χ1) is 20.1. The van der Waals surface area contributed by atoms with Gasteiger partial charge in [0.2, 0.25) is 0 Å². The van der Waals surface area contributed by atoms with Crippen molar-refractivity contribution >= 4 is 30.7 Å². The Bertz CT molecular complexity index is 1730. The van der Waals surface area contributed by atoms with Crippen molar-refractivity contribution in [1.29, 1.82) is 0 Å². The number of fused-ring (bicyclic) bond motifs is 1. The van der Waals surface area contributed by atoms with Gasteiger partial charge >= 0.3 is 0 Å². The zero-order valence-electron chi connectivity index (χ0n) is 29.2. The van der Waals surface area contributed by atoms with Crippen molar-refractivity contribution in [2.45, 2.75) is 106 Å². The standard InChI is InChI=1S/C42H51Si.Zr/c1-25(2)38-36(34-18-14-16-31-15-13-17-33(31)34)24-37(41(7,8)9)40(39(38)42(10,11)12)43-32-21-19-30(20-22-32)23-35-28(5)26(3)27(4)29(35)6;/h13-22,24-25,28H,23H2,1-12H3;/q-1;. The molecule has 0 amide bonds. The Hall–Kier alpha value is -2.15. The first kappa shape index (κ1) is 34.7. The summed E-state index contributed by atoms with van der Waals surface area (Å²) in [7, 11) is 0.619. The van der Waals surface area contributed by atoms with Crippen LogP contribution in [0.2, 0.25) is 0 Å². The van der Waals surface area contributed by atoms with Gasteiger partial charge in [0.15, 0.2) is 0 Å². The molecule has 2 heteroatoms. The molecule has 0 saturated carbocycles. The Morgan fingerprint density at radius 1 is 0.818 bits per heavy atom. The smallest absolute Gasteiger partial charge is 0.122 e. The Morgan fingerprint density at radius 2 is 1.48 bits per heavy atom. The molecule has 0 nitrogen and oxygen atoms in total. The summed E-state index contributed by atoms with van der Waals surface area (Å²) in [6.07, 6.45) is 1.05. The number of rotatable bonds is 6. The Balaban J connectivity index is 0.00000442. The summed E-state index contributed by atoms with van der Waals surface area (Å²) in [5.74, 6) is 0.970. The van der Waals surface area contributed by atoms with E-state index < -0.39 is 0 Å². The zero-order chi connectivity index (χ0) is 31.4. The molecule has 5 rings (SSSR count). The van der Waals surface area contributed by atoms with Gasteiger partial charge in [-0.15, -0.1) is 29.0 Å². The van der Waals surface area contributed by atoms with Crippen LogP contribution in [0.4, 0.5) is 0 Å². The molecule has 0 heterocycles. The van der Waals surface area contributed by atoms with E-state index in [4.69, 9.17) is 0 Å². The molecule has 0 aromatic heterocycles. The second-order valence-corrected chi connectivity index (χ2v) is 16.6. The predicted octanol–water partition coefficient (Wildman–Crippen LogP) is 10.4. The van der Waals surface area contributed by atoms with Gasteiger partial charge in [-0.25, -0.2) is 0 Å². The van der Waals surface area contributed by atoms with Crippen LogP contribution in [-0.2, 0) is 43.5 Å². The Kier molecular flexibility index (Phi) is 10.2. The molecular weight excluding hydrogens is 624 g/mol. The van der Waals surface area contributed by atoms with Gasteiger partial charge in [-0.1, -0.05) is 126 Å². The first-order valence-electron chi connectivity index (χ1n) is 16.2. The van der Waals surface area contributed by atoms with Crippen molar-refractivity contribution in [3.63, 3.8) is 0 Å². The van der Waals surface area contributed by atoms with Crippen LogP contribution in [-0.4, -0.2) is 9.52 Å². The van der Waals surface area contributed by atoms with Crippen LogP contribution in [0.1, 0.15) is 111 Å². The summed E-state index contributed by atoms with van der Waals surface area (Å²) in [5, 5.41) is 5.66. The molecule has 1 aliphatic carbocycles. The van der Waals surface area contributed by atoms with Crippen molar-refractivity contribution in [3.05, 3.63) is 111 Å². The minimum Gasteiger partial charge on any atom is -0.168 e. The van der Waals surface area contributed by atoms with Crippen molar-refractivity contribution in [2.24, 2.45) is 5.92 Å². The first-order valence-corrected chi connectivity index (χ1v) is 17.2. The van der Waals surface area contributed by atoms with Gasteiger partial charge in [0.05, 0.1) is 0 Å². The molecule has 0 aliphatic heterocycles. The molecule has 0 saturated heterocycles. The topological polar surface area (TPSA) is 0 Å². The maximum atomic E-state index is 2.57. The fraction of sp³-hybridized carbons (Fsp3) is 0.405. The van der Waals surface area contributed by atoms with Gasteiger partial charge in [-0.2, -0.15) is 12.1 Å². The molecule has 4 aromatic carbocycles. The Labute approximate surface area is 289 Å². The van der Waals surface area contributed by atoms with Gasteiger partial charge in [0.25, 0.3) is 0 Å². The van der Waals surface area contributed by atoms with Crippen LogP contribution < -0.4 is 10.4 Å². The summed E-state index contributed by atoms with van der Waals surface area (Å²) in [6.45, 7) is 28.5. The van der Waals surface area contributed by atoms with Crippen LogP contribution in [0, 0.1) is 5.92 Å². The number of hydrogen-bond donors (Lipinski definition) is 0. The van der Waals surface area contributed by atoms with Crippen LogP contribution in [0.3, 0.4) is 0 Å². The SMILES string of the molecule is CC1=C(C)C(C)C(Cc2ccc([Si]c3c(C(C)(C)C)cc(-c4cccc5[cH-]ccc45)c(C(C)C)c3C(C)(C)C)cc2)=C1C.[Zr]. The molecule has 4 aromatic rings. The van der Waals surface area contributed by atoms with E-state index in [1.165, 1.54) is 60.5 Å². The second-order valence-electron chi connectivity index (χ2n) is 15.3. The molecular formula is C42H51SiZr-. The minimum absolute atomic E-state index is 0. The summed E-state index contributed by atoms with van der Waals surface area (Å²) < 4.78 is 0. The molecule has 0 N–H and O–H groups in total. The van der Waals surface area contributed by atoms with Crippen LogP contribution >= 0.6 is 0 Å². The van der Waals surface area contributed by atoms with Crippen LogP contribution in [0.25, 0.3) is 21.9 Å². The number of allylic oxidation sites excluding steroid dienone is 4. The summed E-state index contributed by atoms with van der Waals surface area (Å²) in [6, 6.07) is 25.7. The molecule has 0 spiro atoms. The summed E-state index contributed by atoms with van der Waals surface area (Å²) >= 11 is 0. The van der Waals surface area contributed by atoms with E-state index in [1.807, 2.05) is 0 Å². The maximum Gasteiger partial charge on any atom is 0.122 e. The molecule has 1 unspecified atom stereocenters. The quantitative estimate of drug-likeness (QED) is 0.141. The van der Waals surface area contributed by atoms with E-state index in [2.05, 4.69) is 150 Å². The largest absolute Gasteiger partial charge is 0.168 e. The molecule has 0 bridgehead atoms. The average Bonchev–Trinajstić information content (AvgIpc) is 3.48. The average molecular weight is 675 g/mol. The van der Waals surface area contributed by atoms with Gasteiger partial charge in [-0.05, 0) is 88.8 Å². The number of hydrogen-bond acceptors (Lipinski definition) is 0.